The molecule has 0 aliphatic carbocycles. The van der Waals surface area contributed by atoms with Gasteiger partial charge in [0.25, 0.3) is 5.91 Å². The third-order valence-electron chi connectivity index (χ3n) is 8.92. The molecule has 0 saturated carbocycles. The summed E-state index contributed by atoms with van der Waals surface area (Å²) in [6.45, 7) is 5.86. The summed E-state index contributed by atoms with van der Waals surface area (Å²) in [5.41, 5.74) is 0.544. The predicted octanol–water partition coefficient (Wildman–Crippen LogP) is 4.58. The van der Waals surface area contributed by atoms with Crippen LogP contribution in [-0.2, 0) is 14.3 Å². The molecule has 13 heteroatoms. The topological polar surface area (TPSA) is 124 Å². The second kappa shape index (κ2) is 12.4. The van der Waals surface area contributed by atoms with Crippen LogP contribution in [0.25, 0.3) is 0 Å². The molecule has 4 heterocycles. The number of piperidine rings is 1. The van der Waals surface area contributed by atoms with Gasteiger partial charge >= 0.3 is 11.9 Å². The summed E-state index contributed by atoms with van der Waals surface area (Å²) in [5.74, 6) is -2.98. The number of nitrogens with zero attached hydrogens (tertiary/aromatic N) is 4. The first-order valence-corrected chi connectivity index (χ1v) is 15.9. The van der Waals surface area contributed by atoms with E-state index in [0.717, 1.165) is 0 Å². The maximum absolute atomic E-state index is 16.4. The molecule has 6 rings (SSSR count). The van der Waals surface area contributed by atoms with Crippen molar-refractivity contribution in [2.75, 3.05) is 37.7 Å². The molecule has 3 aliphatic heterocycles. The van der Waals surface area contributed by atoms with Gasteiger partial charge in [-0.2, -0.15) is 0 Å². The highest BCUT2D eigenvalue weighted by Crippen LogP contribution is 2.42. The van der Waals surface area contributed by atoms with Gasteiger partial charge in [-0.05, 0) is 61.7 Å². The van der Waals surface area contributed by atoms with Crippen molar-refractivity contribution >= 4 is 40.7 Å². The van der Waals surface area contributed by atoms with Crippen molar-refractivity contribution in [2.24, 2.45) is 10.9 Å². The molecule has 0 unspecified atom stereocenters. The average Bonchev–Trinajstić information content (AvgIpc) is 3.65. The monoisotopic (exact) mass is 649 g/mol. The minimum Gasteiger partial charge on any atom is -0.478 e. The number of rotatable bonds is 8. The molecule has 46 heavy (non-hydrogen) atoms. The lowest BCUT2D eigenvalue weighted by molar-refractivity contribution is -0.139. The number of thiazole rings is 1. The molecule has 10 nitrogen and oxygen atoms in total. The van der Waals surface area contributed by atoms with Crippen LogP contribution in [0.4, 0.5) is 14.5 Å². The van der Waals surface area contributed by atoms with Crippen LogP contribution in [0, 0.1) is 25.6 Å². The van der Waals surface area contributed by atoms with Gasteiger partial charge in [0.2, 0.25) is 0 Å². The number of hydrogen-bond acceptors (Lipinski definition) is 9. The lowest BCUT2D eigenvalue weighted by Crippen LogP contribution is -2.52. The van der Waals surface area contributed by atoms with E-state index in [1.165, 1.54) is 34.4 Å². The Morgan fingerprint density at radius 3 is 2.72 bits per heavy atom. The average molecular weight is 650 g/mol. The number of anilines is 1. The van der Waals surface area contributed by atoms with Crippen molar-refractivity contribution < 1.29 is 33.0 Å². The van der Waals surface area contributed by atoms with Crippen LogP contribution in [0.5, 0.6) is 0 Å². The number of amides is 1. The zero-order chi connectivity index (χ0) is 32.7. The van der Waals surface area contributed by atoms with E-state index < -0.39 is 41.3 Å². The van der Waals surface area contributed by atoms with E-state index in [1.54, 1.807) is 50.5 Å². The minimum atomic E-state index is -2.08. The maximum atomic E-state index is 16.4. The molecule has 2 N–H and O–H groups in total. The number of carboxylic acids is 1. The molecular formula is C33H33F2N5O5S. The summed E-state index contributed by atoms with van der Waals surface area (Å²) in [5, 5.41) is 15.1. The number of benzene rings is 2. The maximum Gasteiger partial charge on any atom is 0.338 e. The summed E-state index contributed by atoms with van der Waals surface area (Å²) in [4.78, 5) is 51.0. The smallest absolute Gasteiger partial charge is 0.338 e. The molecule has 0 spiro atoms. The van der Waals surface area contributed by atoms with Crippen LogP contribution in [0.3, 0.4) is 0 Å². The van der Waals surface area contributed by atoms with E-state index in [1.807, 2.05) is 4.90 Å². The van der Waals surface area contributed by atoms with Gasteiger partial charge in [-0.1, -0.05) is 12.1 Å². The van der Waals surface area contributed by atoms with E-state index >= 15 is 4.39 Å². The number of carbonyl (C=O) groups is 3. The number of aromatic nitrogens is 1. The number of halogens is 2. The van der Waals surface area contributed by atoms with Crippen LogP contribution in [0.2, 0.25) is 0 Å². The summed E-state index contributed by atoms with van der Waals surface area (Å²) in [7, 11) is 0. The van der Waals surface area contributed by atoms with Crippen LogP contribution >= 0.6 is 11.3 Å². The van der Waals surface area contributed by atoms with E-state index in [-0.39, 0.29) is 50.3 Å². The van der Waals surface area contributed by atoms with Crippen LogP contribution in [-0.4, -0.2) is 77.1 Å². The summed E-state index contributed by atoms with van der Waals surface area (Å²) in [6.07, 6.45) is 1.59. The van der Waals surface area contributed by atoms with Crippen molar-refractivity contribution in [3.8, 4) is 0 Å². The number of carbonyl (C=O) groups excluding carboxylic acids is 2. The predicted molar refractivity (Wildman–Crippen MR) is 168 cm³/mol. The third-order valence-corrected chi connectivity index (χ3v) is 9.70. The fourth-order valence-corrected chi connectivity index (χ4v) is 7.08. The minimum absolute atomic E-state index is 0.0545. The van der Waals surface area contributed by atoms with E-state index in [4.69, 9.17) is 9.73 Å². The highest BCUT2D eigenvalue weighted by molar-refractivity contribution is 7.11. The lowest BCUT2D eigenvalue weighted by atomic mass is 9.84. The van der Waals surface area contributed by atoms with Crippen LogP contribution < -0.4 is 10.2 Å². The second-order valence-corrected chi connectivity index (χ2v) is 12.6. The van der Waals surface area contributed by atoms with Crippen LogP contribution in [0.1, 0.15) is 51.4 Å². The Balaban J connectivity index is 1.32. The van der Waals surface area contributed by atoms with Gasteiger partial charge in [0, 0.05) is 61.5 Å². The van der Waals surface area contributed by atoms with E-state index in [9.17, 15) is 23.9 Å². The number of aromatic carboxylic acids is 1. The number of fused-ring (bicyclic) bond motifs is 1. The van der Waals surface area contributed by atoms with Gasteiger partial charge < -0.3 is 20.1 Å². The van der Waals surface area contributed by atoms with Gasteiger partial charge in [0.15, 0.2) is 16.5 Å². The number of likely N-dealkylation sites (tertiary alicyclic amines) is 1. The normalized spacial score (nSPS) is 23.2. The Morgan fingerprint density at radius 2 is 2.02 bits per heavy atom. The highest BCUT2D eigenvalue weighted by Gasteiger charge is 2.57. The van der Waals surface area contributed by atoms with Gasteiger partial charge in [0.1, 0.15) is 11.9 Å². The zero-order valence-electron chi connectivity index (χ0n) is 25.5. The molecule has 1 amide bonds. The number of alkyl halides is 1. The number of carboxylic acid groups (broad SMARTS) is 1. The molecular weight excluding hydrogens is 616 g/mol. The molecule has 2 saturated heterocycles. The molecule has 3 aliphatic rings. The highest BCUT2D eigenvalue weighted by atomic mass is 32.1. The summed E-state index contributed by atoms with van der Waals surface area (Å²) >= 11 is 1.36. The Bertz CT molecular complexity index is 1780. The zero-order valence-corrected chi connectivity index (χ0v) is 26.4. The molecule has 240 valence electrons. The molecule has 2 aromatic carbocycles. The standard InChI is InChI=1S/C33H33F2N5O5S/c1-4-45-31(43)26-25(37-28(29-36-11-13-46-29)38-27(26)23-6-5-7-24(34)19(23)3)17-39-12-10-33(35)20(15-39)16-40(32(33)44)21-8-9-22(30(41)42)18(2)14-21/h5-9,11,13-14,20,27H,4,10,12,15-17H2,1-3H3,(H,37,38)(H,41,42)/t20-,27+,33+/m1/s1. The summed E-state index contributed by atoms with van der Waals surface area (Å²) < 4.78 is 36.6. The van der Waals surface area contributed by atoms with Gasteiger partial charge in [-0.15, -0.1) is 11.3 Å². The Hall–Kier alpha value is -4.49. The Morgan fingerprint density at radius 1 is 1.22 bits per heavy atom. The Kier molecular flexibility index (Phi) is 8.47. The van der Waals surface area contributed by atoms with Crippen molar-refractivity contribution in [3.63, 3.8) is 0 Å². The number of aliphatic imine (C=N–C) groups is 1. The van der Waals surface area contributed by atoms with Gasteiger partial charge in [-0.25, -0.2) is 23.4 Å². The van der Waals surface area contributed by atoms with Crippen molar-refractivity contribution in [1.82, 2.24) is 15.2 Å². The van der Waals surface area contributed by atoms with Crippen LogP contribution in [0.15, 0.2) is 64.2 Å². The van der Waals surface area contributed by atoms with Gasteiger partial charge in [0.05, 0.1) is 17.7 Å². The third kappa shape index (κ3) is 5.58. The van der Waals surface area contributed by atoms with E-state index in [2.05, 4.69) is 10.3 Å². The molecule has 0 radical (unpaired) electrons. The molecule has 2 fully saturated rings. The SMILES string of the molecule is CCOC(=O)C1=C(CN2CC[C@@]3(F)C(=O)N(c4ccc(C(=O)O)c(C)c4)C[C@H]3C2)NC(c2nccs2)=N[C@H]1c1cccc(F)c1C. The number of esters is 1. The molecule has 3 atom stereocenters. The number of ether oxygens (including phenoxy) is 1. The van der Waals surface area contributed by atoms with E-state index in [0.29, 0.717) is 38.9 Å². The van der Waals surface area contributed by atoms with Crippen molar-refractivity contribution in [1.29, 1.82) is 0 Å². The quantitative estimate of drug-likeness (QED) is 0.340. The first-order valence-electron chi connectivity index (χ1n) is 15.0. The molecule has 0 bridgehead atoms. The fourth-order valence-electron chi connectivity index (χ4n) is 6.49. The number of amidine groups is 1. The second-order valence-electron chi connectivity index (χ2n) is 11.7. The molecule has 1 aromatic heterocycles. The number of aryl methyl sites for hydroxylation is 1. The largest absolute Gasteiger partial charge is 0.478 e. The lowest BCUT2D eigenvalue weighted by Gasteiger charge is -2.38. The number of nitrogens with one attached hydrogen (secondary N) is 1. The van der Waals surface area contributed by atoms with Crippen molar-refractivity contribution in [2.45, 2.75) is 38.9 Å². The first kappa shape index (κ1) is 31.5. The fraction of sp³-hybridized carbons (Fsp3) is 0.364. The van der Waals surface area contributed by atoms with Gasteiger partial charge in [-0.3, -0.25) is 14.7 Å². The first-order chi connectivity index (χ1) is 22.0. The van der Waals surface area contributed by atoms with Crippen molar-refractivity contribution in [3.05, 3.63) is 92.3 Å². The molecule has 3 aromatic rings. The number of hydrogen-bond donors (Lipinski definition) is 2. The summed E-state index contributed by atoms with van der Waals surface area (Å²) in [6, 6.07) is 8.33. The Labute approximate surface area is 268 Å².